The average Bonchev–Trinajstić information content (AvgIpc) is 2.87. The molecule has 0 unspecified atom stereocenters. The molecule has 7 heteroatoms. The number of nitrogens with one attached hydrogen (secondary N) is 2. The van der Waals surface area contributed by atoms with Gasteiger partial charge in [0.15, 0.2) is 10.8 Å². The van der Waals surface area contributed by atoms with E-state index in [-0.39, 0.29) is 11.8 Å². The van der Waals surface area contributed by atoms with E-state index in [2.05, 4.69) is 15.6 Å². The van der Waals surface area contributed by atoms with Crippen molar-refractivity contribution in [2.75, 3.05) is 13.1 Å². The molecule has 0 bridgehead atoms. The van der Waals surface area contributed by atoms with Crippen LogP contribution in [0.3, 0.4) is 0 Å². The summed E-state index contributed by atoms with van der Waals surface area (Å²) in [6.45, 7) is 4.53. The molecule has 6 nitrogen and oxygen atoms in total. The Morgan fingerprint density at radius 1 is 1.19 bits per heavy atom. The molecule has 1 heterocycles. The smallest absolute Gasteiger partial charge is 0.258 e. The van der Waals surface area contributed by atoms with Crippen LogP contribution in [-0.2, 0) is 9.59 Å². The van der Waals surface area contributed by atoms with Crippen LogP contribution in [0.4, 0.5) is 0 Å². The van der Waals surface area contributed by atoms with Gasteiger partial charge < -0.3 is 15.1 Å². The van der Waals surface area contributed by atoms with Gasteiger partial charge in [-0.05, 0) is 37.7 Å². The van der Waals surface area contributed by atoms with Gasteiger partial charge in [0.2, 0.25) is 11.8 Å². The number of aromatic nitrogens is 1. The molecule has 0 atom stereocenters. The summed E-state index contributed by atoms with van der Waals surface area (Å²) in [5, 5.41) is 4.68. The Morgan fingerprint density at radius 2 is 1.81 bits per heavy atom. The fraction of sp³-hybridized carbons (Fsp3) is 0.357. The largest absolute Gasteiger partial charge is 0.431 e. The van der Waals surface area contributed by atoms with Crippen LogP contribution in [0, 0.1) is 0 Å². The van der Waals surface area contributed by atoms with Gasteiger partial charge in [-0.2, -0.15) is 0 Å². The maximum Gasteiger partial charge on any atom is 0.258 e. The maximum absolute atomic E-state index is 12.0. The van der Waals surface area contributed by atoms with Gasteiger partial charge in [0, 0.05) is 13.1 Å². The number of hydrogen-bond donors (Lipinski definition) is 2. The lowest BCUT2D eigenvalue weighted by Gasteiger charge is -2.13. The Morgan fingerprint density at radius 3 is 2.38 bits per heavy atom. The summed E-state index contributed by atoms with van der Waals surface area (Å²) < 4.78 is 5.55. The summed E-state index contributed by atoms with van der Waals surface area (Å²) in [5.74, 6) is -0.702. The van der Waals surface area contributed by atoms with Crippen molar-refractivity contribution in [2.24, 2.45) is 0 Å². The zero-order chi connectivity index (χ0) is 15.2. The van der Waals surface area contributed by atoms with Crippen LogP contribution in [0.1, 0.15) is 13.8 Å². The molecule has 0 aliphatic carbocycles. The van der Waals surface area contributed by atoms with Gasteiger partial charge in [-0.25, -0.2) is 4.98 Å². The predicted octanol–water partition coefficient (Wildman–Crippen LogP) is 1.56. The number of rotatable bonds is 6. The Kier molecular flexibility index (Phi) is 5.21. The molecule has 0 aliphatic heterocycles. The molecule has 0 radical (unpaired) electrons. The number of hydrogen-bond acceptors (Lipinski definition) is 5. The van der Waals surface area contributed by atoms with E-state index in [9.17, 15) is 9.59 Å². The van der Waals surface area contributed by atoms with Gasteiger partial charge in [0.25, 0.3) is 5.22 Å². The second-order valence-corrected chi connectivity index (χ2v) is 5.29. The minimum Gasteiger partial charge on any atom is -0.431 e. The molecule has 0 aliphatic rings. The van der Waals surface area contributed by atoms with Crippen molar-refractivity contribution in [1.29, 1.82) is 0 Å². The van der Waals surface area contributed by atoms with Gasteiger partial charge in [0.05, 0.1) is 0 Å². The van der Waals surface area contributed by atoms with E-state index in [0.29, 0.717) is 29.4 Å². The topological polar surface area (TPSA) is 84.2 Å². The van der Waals surface area contributed by atoms with Crippen molar-refractivity contribution >= 4 is 34.7 Å². The lowest BCUT2D eigenvalue weighted by Crippen LogP contribution is -2.43. The fourth-order valence-electron chi connectivity index (χ4n) is 1.76. The molecular weight excluding hydrogens is 290 g/mol. The van der Waals surface area contributed by atoms with E-state index < -0.39 is 5.25 Å². The monoisotopic (exact) mass is 307 g/mol. The molecule has 21 heavy (non-hydrogen) atoms. The fourth-order valence-corrected chi connectivity index (χ4v) is 2.63. The molecule has 2 N–H and O–H groups in total. The summed E-state index contributed by atoms with van der Waals surface area (Å²) >= 11 is 1.01. The molecule has 0 saturated carbocycles. The number of oxazole rings is 1. The number of carbonyl (C=O) groups is 2. The first-order valence-electron chi connectivity index (χ1n) is 6.73. The number of thioether (sulfide) groups is 1. The van der Waals surface area contributed by atoms with Crippen LogP contribution in [0.2, 0.25) is 0 Å². The number of nitrogens with zero attached hydrogens (tertiary/aromatic N) is 1. The Bertz CT molecular complexity index is 590. The minimum atomic E-state index is -0.919. The van der Waals surface area contributed by atoms with Crippen LogP contribution in [-0.4, -0.2) is 35.1 Å². The highest BCUT2D eigenvalue weighted by atomic mass is 32.2. The first-order valence-corrected chi connectivity index (χ1v) is 7.61. The minimum absolute atomic E-state index is 0.304. The van der Waals surface area contributed by atoms with Crippen molar-refractivity contribution in [3.05, 3.63) is 24.3 Å². The molecule has 2 rings (SSSR count). The maximum atomic E-state index is 12.0. The Labute approximate surface area is 126 Å². The average molecular weight is 307 g/mol. The van der Waals surface area contributed by atoms with Crippen LogP contribution >= 0.6 is 11.8 Å². The van der Waals surface area contributed by atoms with E-state index in [0.717, 1.165) is 11.8 Å². The molecule has 112 valence electrons. The van der Waals surface area contributed by atoms with Crippen molar-refractivity contribution in [1.82, 2.24) is 15.6 Å². The van der Waals surface area contributed by atoms with Crippen LogP contribution in [0.25, 0.3) is 11.1 Å². The van der Waals surface area contributed by atoms with Crippen molar-refractivity contribution in [3.63, 3.8) is 0 Å². The molecule has 0 fully saturated rings. The SMILES string of the molecule is CCNC(=O)C(Sc1nc2ccccc2o1)C(=O)NCC. The van der Waals surface area contributed by atoms with E-state index in [4.69, 9.17) is 4.42 Å². The molecule has 1 aromatic heterocycles. The number of benzene rings is 1. The van der Waals surface area contributed by atoms with Gasteiger partial charge in [0.1, 0.15) is 5.52 Å². The van der Waals surface area contributed by atoms with Gasteiger partial charge >= 0.3 is 0 Å². The second-order valence-electron chi connectivity index (χ2n) is 4.23. The highest BCUT2D eigenvalue weighted by molar-refractivity contribution is 8.01. The van der Waals surface area contributed by atoms with Crippen molar-refractivity contribution < 1.29 is 14.0 Å². The zero-order valence-corrected chi connectivity index (χ0v) is 12.7. The first-order chi connectivity index (χ1) is 10.2. The predicted molar refractivity (Wildman–Crippen MR) is 81.0 cm³/mol. The molecule has 0 spiro atoms. The summed E-state index contributed by atoms with van der Waals surface area (Å²) in [4.78, 5) is 28.3. The van der Waals surface area contributed by atoms with E-state index in [1.807, 2.05) is 18.2 Å². The van der Waals surface area contributed by atoms with Crippen molar-refractivity contribution in [2.45, 2.75) is 24.3 Å². The second kappa shape index (κ2) is 7.12. The summed E-state index contributed by atoms with van der Waals surface area (Å²) in [7, 11) is 0. The number of fused-ring (bicyclic) bond motifs is 1. The zero-order valence-electron chi connectivity index (χ0n) is 11.9. The lowest BCUT2D eigenvalue weighted by molar-refractivity contribution is -0.128. The lowest BCUT2D eigenvalue weighted by atomic mass is 10.3. The molecular formula is C14H17N3O3S. The quantitative estimate of drug-likeness (QED) is 0.625. The standard InChI is InChI=1S/C14H17N3O3S/c1-3-15-12(18)11(13(19)16-4-2)21-14-17-9-7-5-6-8-10(9)20-14/h5-8,11H,3-4H2,1-2H3,(H,15,18)(H,16,19). The third kappa shape index (κ3) is 3.75. The van der Waals surface area contributed by atoms with Crippen molar-refractivity contribution in [3.8, 4) is 0 Å². The normalized spacial score (nSPS) is 10.8. The Balaban J connectivity index is 2.20. The van der Waals surface area contributed by atoms with Gasteiger partial charge in [-0.3, -0.25) is 9.59 Å². The number of para-hydroxylation sites is 2. The molecule has 2 aromatic rings. The van der Waals surface area contributed by atoms with Crippen LogP contribution in [0.5, 0.6) is 0 Å². The first kappa shape index (κ1) is 15.4. The van der Waals surface area contributed by atoms with Gasteiger partial charge in [-0.1, -0.05) is 12.1 Å². The van der Waals surface area contributed by atoms with E-state index >= 15 is 0 Å². The number of amides is 2. The molecule has 0 saturated heterocycles. The Hall–Kier alpha value is -2.02. The third-order valence-electron chi connectivity index (χ3n) is 2.67. The number of carbonyl (C=O) groups excluding carboxylic acids is 2. The van der Waals surface area contributed by atoms with E-state index in [1.165, 1.54) is 0 Å². The van der Waals surface area contributed by atoms with Crippen LogP contribution in [0.15, 0.2) is 33.9 Å². The van der Waals surface area contributed by atoms with Gasteiger partial charge in [-0.15, -0.1) is 0 Å². The highest BCUT2D eigenvalue weighted by Gasteiger charge is 2.29. The summed E-state index contributed by atoms with van der Waals surface area (Å²) in [5.41, 5.74) is 1.33. The van der Waals surface area contributed by atoms with Crippen LogP contribution < -0.4 is 10.6 Å². The third-order valence-corrected chi connectivity index (χ3v) is 3.71. The summed E-state index contributed by atoms with van der Waals surface area (Å²) in [6.07, 6.45) is 0. The molecule has 2 amide bonds. The highest BCUT2D eigenvalue weighted by Crippen LogP contribution is 2.27. The summed E-state index contributed by atoms with van der Waals surface area (Å²) in [6, 6.07) is 7.30. The van der Waals surface area contributed by atoms with E-state index in [1.54, 1.807) is 19.9 Å². The molecule has 1 aromatic carbocycles.